The first kappa shape index (κ1) is 9.66. The fourth-order valence-corrected chi connectivity index (χ4v) is 2.13. The molecule has 2 heteroatoms. The van der Waals surface area contributed by atoms with Crippen molar-refractivity contribution in [2.24, 2.45) is 0 Å². The van der Waals surface area contributed by atoms with Gasteiger partial charge in [-0.2, -0.15) is 0 Å². The predicted molar refractivity (Wildman–Crippen MR) is 54.4 cm³/mol. The second-order valence-electron chi connectivity index (χ2n) is 4.03. The van der Waals surface area contributed by atoms with Gasteiger partial charge in [-0.05, 0) is 31.4 Å². The van der Waals surface area contributed by atoms with Gasteiger partial charge in [0.25, 0.3) is 0 Å². The Balaban J connectivity index is 2.08. The average molecular weight is 194 g/mol. The van der Waals surface area contributed by atoms with Gasteiger partial charge in [0, 0.05) is 12.0 Å². The molecule has 0 aromatic heterocycles. The molecule has 0 amide bonds. The Morgan fingerprint density at radius 2 is 1.86 bits per heavy atom. The number of benzene rings is 1. The van der Waals surface area contributed by atoms with Crippen LogP contribution in [0.2, 0.25) is 0 Å². The van der Waals surface area contributed by atoms with Crippen LogP contribution in [0, 0.1) is 5.82 Å². The van der Waals surface area contributed by atoms with E-state index in [1.54, 1.807) is 12.1 Å². The molecule has 14 heavy (non-hydrogen) atoms. The van der Waals surface area contributed by atoms with Gasteiger partial charge in [-0.25, -0.2) is 4.39 Å². The largest absolute Gasteiger partial charge is 0.340 e. The van der Waals surface area contributed by atoms with E-state index in [4.69, 9.17) is 0 Å². The summed E-state index contributed by atoms with van der Waals surface area (Å²) in [6.07, 6.45) is 5.19. The van der Waals surface area contributed by atoms with Crippen molar-refractivity contribution < 1.29 is 9.71 Å². The molecule has 0 bridgehead atoms. The molecular formula is C12H17FN+. The van der Waals surface area contributed by atoms with Crippen LogP contribution in [0.5, 0.6) is 0 Å². The van der Waals surface area contributed by atoms with Crippen LogP contribution in [-0.4, -0.2) is 6.54 Å². The van der Waals surface area contributed by atoms with Crippen molar-refractivity contribution in [2.45, 2.75) is 31.7 Å². The van der Waals surface area contributed by atoms with Crippen molar-refractivity contribution in [1.82, 2.24) is 0 Å². The highest BCUT2D eigenvalue weighted by Crippen LogP contribution is 2.18. The van der Waals surface area contributed by atoms with Gasteiger partial charge >= 0.3 is 0 Å². The zero-order valence-corrected chi connectivity index (χ0v) is 8.38. The molecule has 0 unspecified atom stereocenters. The van der Waals surface area contributed by atoms with Gasteiger partial charge in [-0.1, -0.05) is 12.1 Å². The maximum atomic E-state index is 12.7. The molecule has 76 valence electrons. The zero-order chi connectivity index (χ0) is 9.80. The van der Waals surface area contributed by atoms with E-state index in [1.165, 1.54) is 37.8 Å². The third kappa shape index (κ3) is 2.32. The van der Waals surface area contributed by atoms with Gasteiger partial charge in [0.2, 0.25) is 0 Å². The summed E-state index contributed by atoms with van der Waals surface area (Å²) in [6, 6.07) is 7.52. The summed E-state index contributed by atoms with van der Waals surface area (Å²) in [5.41, 5.74) is 1.27. The summed E-state index contributed by atoms with van der Waals surface area (Å²) in [6.45, 7) is 1.21. The first-order valence-corrected chi connectivity index (χ1v) is 5.45. The zero-order valence-electron chi connectivity index (χ0n) is 8.38. The van der Waals surface area contributed by atoms with Crippen LogP contribution in [0.1, 0.15) is 37.3 Å². The van der Waals surface area contributed by atoms with Crippen LogP contribution in [0.25, 0.3) is 0 Å². The summed E-state index contributed by atoms with van der Waals surface area (Å²) in [5.74, 6) is -0.137. The van der Waals surface area contributed by atoms with E-state index < -0.39 is 0 Å². The highest BCUT2D eigenvalue weighted by molar-refractivity contribution is 5.18. The van der Waals surface area contributed by atoms with Gasteiger partial charge < -0.3 is 5.32 Å². The first-order valence-electron chi connectivity index (χ1n) is 5.45. The molecule has 0 aliphatic carbocycles. The van der Waals surface area contributed by atoms with E-state index >= 15 is 0 Å². The lowest BCUT2D eigenvalue weighted by Crippen LogP contribution is -2.84. The molecule has 1 fully saturated rings. The van der Waals surface area contributed by atoms with E-state index in [0.717, 1.165) is 0 Å². The Labute approximate surface area is 84.3 Å². The minimum absolute atomic E-state index is 0.137. The average Bonchev–Trinajstić information content (AvgIpc) is 2.47. The van der Waals surface area contributed by atoms with Crippen molar-refractivity contribution in [3.8, 4) is 0 Å². The molecule has 1 aliphatic rings. The molecule has 1 aromatic carbocycles. The van der Waals surface area contributed by atoms with E-state index in [9.17, 15) is 4.39 Å². The van der Waals surface area contributed by atoms with Crippen molar-refractivity contribution >= 4 is 0 Å². The Hall–Kier alpha value is -0.890. The quantitative estimate of drug-likeness (QED) is 0.704. The monoisotopic (exact) mass is 194 g/mol. The maximum absolute atomic E-state index is 12.7. The van der Waals surface area contributed by atoms with Gasteiger partial charge in [0.05, 0.1) is 6.54 Å². The highest BCUT2D eigenvalue weighted by atomic mass is 19.1. The van der Waals surface area contributed by atoms with Gasteiger partial charge in [-0.15, -0.1) is 0 Å². The maximum Gasteiger partial charge on any atom is 0.123 e. The number of hydrogen-bond acceptors (Lipinski definition) is 0. The molecule has 0 radical (unpaired) electrons. The normalized spacial score (nSPS) is 23.1. The van der Waals surface area contributed by atoms with Gasteiger partial charge in [0.1, 0.15) is 11.9 Å². The van der Waals surface area contributed by atoms with Crippen LogP contribution in [0.4, 0.5) is 4.39 Å². The number of halogens is 1. The number of rotatable bonds is 1. The Morgan fingerprint density at radius 1 is 1.07 bits per heavy atom. The topological polar surface area (TPSA) is 16.6 Å². The summed E-state index contributed by atoms with van der Waals surface area (Å²) in [5, 5.41) is 2.39. The SMILES string of the molecule is Fc1ccc([C@@H]2CCCCC[NH2+]2)cc1. The minimum Gasteiger partial charge on any atom is -0.340 e. The number of quaternary nitrogens is 1. The second-order valence-corrected chi connectivity index (χ2v) is 4.03. The molecule has 1 heterocycles. The molecule has 1 nitrogen and oxygen atoms in total. The first-order chi connectivity index (χ1) is 6.86. The van der Waals surface area contributed by atoms with Crippen LogP contribution >= 0.6 is 0 Å². The van der Waals surface area contributed by atoms with Gasteiger partial charge in [0.15, 0.2) is 0 Å². The summed E-state index contributed by atoms with van der Waals surface area (Å²) >= 11 is 0. The fourth-order valence-electron chi connectivity index (χ4n) is 2.13. The molecule has 0 saturated carbocycles. The molecule has 1 saturated heterocycles. The fraction of sp³-hybridized carbons (Fsp3) is 0.500. The summed E-state index contributed by atoms with van der Waals surface area (Å²) < 4.78 is 12.7. The molecular weight excluding hydrogens is 177 g/mol. The molecule has 1 aliphatic heterocycles. The molecule has 2 N–H and O–H groups in total. The van der Waals surface area contributed by atoms with Crippen molar-refractivity contribution in [3.63, 3.8) is 0 Å². The lowest BCUT2D eigenvalue weighted by atomic mass is 10.0. The third-order valence-corrected chi connectivity index (χ3v) is 2.97. The van der Waals surface area contributed by atoms with E-state index in [0.29, 0.717) is 6.04 Å². The minimum atomic E-state index is -0.137. The lowest BCUT2D eigenvalue weighted by molar-refractivity contribution is -0.694. The number of hydrogen-bond donors (Lipinski definition) is 1. The van der Waals surface area contributed by atoms with Crippen LogP contribution < -0.4 is 5.32 Å². The Kier molecular flexibility index (Phi) is 3.14. The third-order valence-electron chi connectivity index (χ3n) is 2.97. The Morgan fingerprint density at radius 3 is 2.64 bits per heavy atom. The smallest absolute Gasteiger partial charge is 0.123 e. The standard InChI is InChI=1S/C12H16FN/c13-11-7-5-10(6-8-11)12-4-2-1-3-9-14-12/h5-8,12,14H,1-4,9H2/p+1/t12-/m0/s1. The van der Waals surface area contributed by atoms with Crippen molar-refractivity contribution in [1.29, 1.82) is 0 Å². The highest BCUT2D eigenvalue weighted by Gasteiger charge is 2.16. The molecule has 1 aromatic rings. The van der Waals surface area contributed by atoms with Gasteiger partial charge in [-0.3, -0.25) is 0 Å². The van der Waals surface area contributed by atoms with E-state index in [2.05, 4.69) is 5.32 Å². The van der Waals surface area contributed by atoms with Crippen molar-refractivity contribution in [3.05, 3.63) is 35.6 Å². The molecule has 1 atom stereocenters. The van der Waals surface area contributed by atoms with Crippen molar-refractivity contribution in [2.75, 3.05) is 6.54 Å². The van der Waals surface area contributed by atoms with E-state index in [1.807, 2.05) is 12.1 Å². The van der Waals surface area contributed by atoms with Crippen LogP contribution in [-0.2, 0) is 0 Å². The van der Waals surface area contributed by atoms with Crippen LogP contribution in [0.3, 0.4) is 0 Å². The summed E-state index contributed by atoms with van der Waals surface area (Å²) in [7, 11) is 0. The predicted octanol–water partition coefficient (Wildman–Crippen LogP) is 2.00. The molecule has 2 rings (SSSR count). The lowest BCUT2D eigenvalue weighted by Gasteiger charge is -2.12. The Bertz CT molecular complexity index is 273. The van der Waals surface area contributed by atoms with E-state index in [-0.39, 0.29) is 5.82 Å². The molecule has 0 spiro atoms. The number of nitrogens with two attached hydrogens (primary N) is 1. The second kappa shape index (κ2) is 4.56. The summed E-state index contributed by atoms with van der Waals surface area (Å²) in [4.78, 5) is 0. The van der Waals surface area contributed by atoms with Crippen LogP contribution in [0.15, 0.2) is 24.3 Å².